The van der Waals surface area contributed by atoms with Crippen LogP contribution in [0.4, 0.5) is 5.69 Å². The molecule has 0 aliphatic carbocycles. The average molecular weight is 354 g/mol. The lowest BCUT2D eigenvalue weighted by molar-refractivity contribution is -0.118. The molecule has 0 atom stereocenters. The molecule has 4 N–H and O–H groups in total. The number of hydrazine groups is 1. The number of nitrogens with two attached hydrogens (primary N) is 1. The first-order valence-electron chi connectivity index (χ1n) is 6.48. The van der Waals surface area contributed by atoms with E-state index in [0.29, 0.717) is 27.0 Å². The highest BCUT2D eigenvalue weighted by Gasteiger charge is 2.08. The van der Waals surface area contributed by atoms with Crippen molar-refractivity contribution in [2.45, 2.75) is 0 Å². The van der Waals surface area contributed by atoms with Crippen molar-refractivity contribution in [1.29, 1.82) is 0 Å². The van der Waals surface area contributed by atoms with E-state index in [4.69, 9.17) is 33.8 Å². The first-order chi connectivity index (χ1) is 11.0. The van der Waals surface area contributed by atoms with Crippen LogP contribution in [-0.4, -0.2) is 18.4 Å². The van der Waals surface area contributed by atoms with Crippen molar-refractivity contribution in [2.24, 2.45) is 5.84 Å². The van der Waals surface area contributed by atoms with Gasteiger partial charge in [0.25, 0.3) is 11.8 Å². The van der Waals surface area contributed by atoms with E-state index in [1.807, 2.05) is 5.43 Å². The lowest BCUT2D eigenvalue weighted by Crippen LogP contribution is -2.29. The number of anilines is 1. The van der Waals surface area contributed by atoms with Gasteiger partial charge in [-0.15, -0.1) is 0 Å². The molecule has 2 rings (SSSR count). The average Bonchev–Trinajstić information content (AvgIpc) is 2.54. The molecular formula is C15H13Cl2N3O3. The molecule has 6 nitrogen and oxygen atoms in total. The van der Waals surface area contributed by atoms with Gasteiger partial charge in [0.15, 0.2) is 6.61 Å². The Bertz CT molecular complexity index is 720. The molecule has 23 heavy (non-hydrogen) atoms. The predicted octanol–water partition coefficient (Wildman–Crippen LogP) is 2.61. The molecule has 0 heterocycles. The summed E-state index contributed by atoms with van der Waals surface area (Å²) in [5, 5.41) is 3.43. The molecule has 0 aliphatic rings. The fourth-order valence-corrected chi connectivity index (χ4v) is 2.18. The first-order valence-corrected chi connectivity index (χ1v) is 7.24. The predicted molar refractivity (Wildman–Crippen MR) is 88.7 cm³/mol. The van der Waals surface area contributed by atoms with Crippen molar-refractivity contribution in [1.82, 2.24) is 5.43 Å². The molecule has 2 amide bonds. The minimum atomic E-state index is -0.413. The van der Waals surface area contributed by atoms with Crippen LogP contribution >= 0.6 is 23.2 Å². The maximum Gasteiger partial charge on any atom is 0.265 e. The molecule has 0 saturated heterocycles. The Morgan fingerprint density at radius 2 is 1.78 bits per heavy atom. The van der Waals surface area contributed by atoms with E-state index in [9.17, 15) is 9.59 Å². The molecule has 120 valence electrons. The Balaban J connectivity index is 1.90. The maximum absolute atomic E-state index is 11.8. The summed E-state index contributed by atoms with van der Waals surface area (Å²) in [4.78, 5) is 23.1. The molecule has 0 radical (unpaired) electrons. The molecule has 0 aromatic heterocycles. The zero-order valence-corrected chi connectivity index (χ0v) is 13.3. The third kappa shape index (κ3) is 4.85. The standard InChI is InChI=1S/C15H13Cl2N3O3/c16-10-3-6-13(12(17)7-10)23-8-14(21)19-11-4-1-9(2-5-11)15(22)20-18/h1-7H,8,18H2,(H,19,21)(H,20,22). The zero-order chi connectivity index (χ0) is 16.8. The van der Waals surface area contributed by atoms with Gasteiger partial charge in [0.05, 0.1) is 5.02 Å². The largest absolute Gasteiger partial charge is 0.482 e. The van der Waals surface area contributed by atoms with Gasteiger partial charge in [0, 0.05) is 16.3 Å². The number of ether oxygens (including phenoxy) is 1. The first kappa shape index (κ1) is 17.1. The molecule has 2 aromatic carbocycles. The number of amides is 2. The van der Waals surface area contributed by atoms with Crippen LogP contribution in [0, 0.1) is 0 Å². The van der Waals surface area contributed by atoms with E-state index in [0.717, 1.165) is 0 Å². The van der Waals surface area contributed by atoms with Crippen molar-refractivity contribution in [3.63, 3.8) is 0 Å². The number of nitrogens with one attached hydrogen (secondary N) is 2. The van der Waals surface area contributed by atoms with Gasteiger partial charge >= 0.3 is 0 Å². The van der Waals surface area contributed by atoms with Crippen LogP contribution in [0.25, 0.3) is 0 Å². The number of rotatable bonds is 5. The van der Waals surface area contributed by atoms with Crippen molar-refractivity contribution in [2.75, 3.05) is 11.9 Å². The second-order valence-corrected chi connectivity index (χ2v) is 5.31. The Hall–Kier alpha value is -2.28. The van der Waals surface area contributed by atoms with E-state index in [2.05, 4.69) is 5.32 Å². The van der Waals surface area contributed by atoms with Crippen molar-refractivity contribution < 1.29 is 14.3 Å². The van der Waals surface area contributed by atoms with E-state index in [1.165, 1.54) is 18.2 Å². The van der Waals surface area contributed by atoms with Crippen LogP contribution in [0.1, 0.15) is 10.4 Å². The van der Waals surface area contributed by atoms with E-state index >= 15 is 0 Å². The molecule has 0 unspecified atom stereocenters. The number of nitrogen functional groups attached to an aromatic ring is 1. The summed E-state index contributed by atoms with van der Waals surface area (Å²) >= 11 is 11.7. The van der Waals surface area contributed by atoms with Gasteiger partial charge in [0.1, 0.15) is 5.75 Å². The number of carbonyl (C=O) groups is 2. The smallest absolute Gasteiger partial charge is 0.265 e. The topological polar surface area (TPSA) is 93.5 Å². The van der Waals surface area contributed by atoms with E-state index in [-0.39, 0.29) is 12.5 Å². The van der Waals surface area contributed by atoms with Crippen molar-refractivity contribution in [3.05, 3.63) is 58.1 Å². The van der Waals surface area contributed by atoms with Crippen molar-refractivity contribution in [3.8, 4) is 5.75 Å². The fraction of sp³-hybridized carbons (Fsp3) is 0.0667. The minimum Gasteiger partial charge on any atom is -0.482 e. The van der Waals surface area contributed by atoms with E-state index < -0.39 is 5.91 Å². The maximum atomic E-state index is 11.8. The fourth-order valence-electron chi connectivity index (χ4n) is 1.72. The second-order valence-electron chi connectivity index (χ2n) is 4.46. The Labute approximate surface area is 142 Å². The molecule has 0 bridgehead atoms. The number of benzene rings is 2. The van der Waals surface area contributed by atoms with Crippen molar-refractivity contribution >= 4 is 40.7 Å². The summed E-state index contributed by atoms with van der Waals surface area (Å²) in [6.45, 7) is -0.216. The van der Waals surface area contributed by atoms with Gasteiger partial charge in [-0.3, -0.25) is 15.0 Å². The molecule has 0 aliphatic heterocycles. The van der Waals surface area contributed by atoms with Crippen LogP contribution in [0.15, 0.2) is 42.5 Å². The lowest BCUT2D eigenvalue weighted by atomic mass is 10.2. The summed E-state index contributed by atoms with van der Waals surface area (Å²) in [6, 6.07) is 11.0. The van der Waals surface area contributed by atoms with Gasteiger partial charge in [-0.05, 0) is 42.5 Å². The molecule has 0 fully saturated rings. The molecule has 8 heteroatoms. The summed E-state index contributed by atoms with van der Waals surface area (Å²) in [5.41, 5.74) is 2.93. The third-order valence-corrected chi connectivity index (χ3v) is 3.35. The van der Waals surface area contributed by atoms with Gasteiger partial charge in [0.2, 0.25) is 0 Å². The van der Waals surface area contributed by atoms with Gasteiger partial charge < -0.3 is 10.1 Å². The number of carbonyl (C=O) groups excluding carboxylic acids is 2. The van der Waals surface area contributed by atoms with Crippen LogP contribution in [0.5, 0.6) is 5.75 Å². The van der Waals surface area contributed by atoms with Crippen LogP contribution in [0.2, 0.25) is 10.0 Å². The summed E-state index contributed by atoms with van der Waals surface area (Å²) < 4.78 is 5.32. The summed E-state index contributed by atoms with van der Waals surface area (Å²) in [7, 11) is 0. The SMILES string of the molecule is NNC(=O)c1ccc(NC(=O)COc2ccc(Cl)cc2Cl)cc1. The summed E-state index contributed by atoms with van der Waals surface area (Å²) in [6.07, 6.45) is 0. The summed E-state index contributed by atoms with van der Waals surface area (Å²) in [5.74, 6) is 4.61. The number of halogens is 2. The van der Waals surface area contributed by atoms with Crippen LogP contribution < -0.4 is 21.3 Å². The van der Waals surface area contributed by atoms with Gasteiger partial charge in [-0.1, -0.05) is 23.2 Å². The van der Waals surface area contributed by atoms with Crippen LogP contribution in [0.3, 0.4) is 0 Å². The minimum absolute atomic E-state index is 0.216. The lowest BCUT2D eigenvalue weighted by Gasteiger charge is -2.09. The second kappa shape index (κ2) is 7.82. The van der Waals surface area contributed by atoms with Gasteiger partial charge in [-0.25, -0.2) is 5.84 Å². The molecule has 2 aromatic rings. The highest BCUT2D eigenvalue weighted by Crippen LogP contribution is 2.27. The normalized spacial score (nSPS) is 10.0. The van der Waals surface area contributed by atoms with E-state index in [1.54, 1.807) is 24.3 Å². The Kier molecular flexibility index (Phi) is 5.81. The third-order valence-electron chi connectivity index (χ3n) is 2.81. The molecule has 0 spiro atoms. The zero-order valence-electron chi connectivity index (χ0n) is 11.8. The molecule has 0 saturated carbocycles. The highest BCUT2D eigenvalue weighted by molar-refractivity contribution is 6.35. The quantitative estimate of drug-likeness (QED) is 0.437. The Morgan fingerprint density at radius 3 is 2.39 bits per heavy atom. The number of hydrogen-bond donors (Lipinski definition) is 3. The highest BCUT2D eigenvalue weighted by atomic mass is 35.5. The monoisotopic (exact) mass is 353 g/mol. The number of hydrogen-bond acceptors (Lipinski definition) is 4. The van der Waals surface area contributed by atoms with Crippen LogP contribution in [-0.2, 0) is 4.79 Å². The Morgan fingerprint density at radius 1 is 1.09 bits per heavy atom. The van der Waals surface area contributed by atoms with Gasteiger partial charge in [-0.2, -0.15) is 0 Å². The molecular weight excluding hydrogens is 341 g/mol.